The van der Waals surface area contributed by atoms with Crippen molar-refractivity contribution in [2.45, 2.75) is 13.8 Å². The summed E-state index contributed by atoms with van der Waals surface area (Å²) in [5.41, 5.74) is 3.18. The van der Waals surface area contributed by atoms with Gasteiger partial charge in [0.2, 0.25) is 0 Å². The highest BCUT2D eigenvalue weighted by atomic mass is 16.5. The van der Waals surface area contributed by atoms with Crippen molar-refractivity contribution < 1.29 is 19.1 Å². The number of amides is 1. The van der Waals surface area contributed by atoms with Crippen LogP contribution in [0.3, 0.4) is 0 Å². The zero-order chi connectivity index (χ0) is 16.8. The van der Waals surface area contributed by atoms with Gasteiger partial charge in [0, 0.05) is 5.69 Å². The summed E-state index contributed by atoms with van der Waals surface area (Å²) in [6, 6.07) is 12.3. The Bertz CT molecular complexity index is 725. The molecular weight excluding hydrogens is 294 g/mol. The van der Waals surface area contributed by atoms with Crippen molar-refractivity contribution in [3.8, 4) is 5.75 Å². The maximum absolute atomic E-state index is 12.0. The van der Waals surface area contributed by atoms with Crippen LogP contribution in [0, 0.1) is 13.8 Å². The van der Waals surface area contributed by atoms with E-state index < -0.39 is 11.9 Å². The highest BCUT2D eigenvalue weighted by Crippen LogP contribution is 2.18. The van der Waals surface area contributed by atoms with Gasteiger partial charge >= 0.3 is 5.97 Å². The Balaban J connectivity index is 1.93. The summed E-state index contributed by atoms with van der Waals surface area (Å²) < 4.78 is 10.1. The number of aryl methyl sites for hydroxylation is 2. The zero-order valence-electron chi connectivity index (χ0n) is 13.4. The van der Waals surface area contributed by atoms with E-state index in [-0.39, 0.29) is 12.2 Å². The Morgan fingerprint density at radius 1 is 1.04 bits per heavy atom. The number of carbonyl (C=O) groups is 2. The Hall–Kier alpha value is -2.82. The third-order valence-electron chi connectivity index (χ3n) is 3.45. The molecule has 5 nitrogen and oxygen atoms in total. The van der Waals surface area contributed by atoms with E-state index in [9.17, 15) is 9.59 Å². The predicted octanol–water partition coefficient (Wildman–Crippen LogP) is 3.11. The molecule has 0 bridgehead atoms. The van der Waals surface area contributed by atoms with E-state index in [1.807, 2.05) is 32.0 Å². The normalized spacial score (nSPS) is 10.0. The molecule has 23 heavy (non-hydrogen) atoms. The Morgan fingerprint density at radius 3 is 2.48 bits per heavy atom. The first-order chi connectivity index (χ1) is 11.0. The standard InChI is InChI=1S/C18H19NO4/c1-12-8-9-14(10-13(12)2)19-17(20)11-23-18(21)15-6-4-5-7-16(15)22-3/h4-10H,11H2,1-3H3,(H,19,20). The fraction of sp³-hybridized carbons (Fsp3) is 0.222. The topological polar surface area (TPSA) is 64.6 Å². The van der Waals surface area contributed by atoms with Crippen LogP contribution in [0.1, 0.15) is 21.5 Å². The lowest BCUT2D eigenvalue weighted by atomic mass is 10.1. The molecule has 0 saturated carbocycles. The average Bonchev–Trinajstić information content (AvgIpc) is 2.56. The van der Waals surface area contributed by atoms with Crippen molar-refractivity contribution >= 4 is 17.6 Å². The molecule has 0 aliphatic heterocycles. The van der Waals surface area contributed by atoms with Crippen molar-refractivity contribution in [1.29, 1.82) is 0 Å². The number of benzene rings is 2. The van der Waals surface area contributed by atoms with Crippen LogP contribution in [-0.2, 0) is 9.53 Å². The van der Waals surface area contributed by atoms with E-state index in [0.717, 1.165) is 11.1 Å². The van der Waals surface area contributed by atoms with Gasteiger partial charge in [-0.3, -0.25) is 4.79 Å². The summed E-state index contributed by atoms with van der Waals surface area (Å²) in [4.78, 5) is 23.9. The summed E-state index contributed by atoms with van der Waals surface area (Å²) >= 11 is 0. The molecule has 0 saturated heterocycles. The molecule has 2 rings (SSSR count). The van der Waals surface area contributed by atoms with Gasteiger partial charge in [-0.25, -0.2) is 4.79 Å². The molecule has 0 aromatic heterocycles. The molecule has 1 N–H and O–H groups in total. The van der Waals surface area contributed by atoms with Gasteiger partial charge in [0.15, 0.2) is 6.61 Å². The third-order valence-corrected chi connectivity index (χ3v) is 3.45. The second-order valence-electron chi connectivity index (χ2n) is 5.12. The summed E-state index contributed by atoms with van der Waals surface area (Å²) in [6.45, 7) is 3.60. The lowest BCUT2D eigenvalue weighted by molar-refractivity contribution is -0.119. The van der Waals surface area contributed by atoms with E-state index in [4.69, 9.17) is 9.47 Å². The Morgan fingerprint density at radius 2 is 1.78 bits per heavy atom. The smallest absolute Gasteiger partial charge is 0.342 e. The van der Waals surface area contributed by atoms with Gasteiger partial charge in [-0.05, 0) is 49.2 Å². The maximum atomic E-state index is 12.0. The Labute approximate surface area is 135 Å². The third kappa shape index (κ3) is 4.32. The molecule has 0 heterocycles. The van der Waals surface area contributed by atoms with Gasteiger partial charge in [0.05, 0.1) is 7.11 Å². The van der Waals surface area contributed by atoms with E-state index in [2.05, 4.69) is 5.32 Å². The highest BCUT2D eigenvalue weighted by molar-refractivity contribution is 5.96. The van der Waals surface area contributed by atoms with Gasteiger partial charge in [-0.2, -0.15) is 0 Å². The predicted molar refractivity (Wildman–Crippen MR) is 87.8 cm³/mol. The lowest BCUT2D eigenvalue weighted by Crippen LogP contribution is -2.21. The summed E-state index contributed by atoms with van der Waals surface area (Å²) in [5, 5.41) is 2.70. The van der Waals surface area contributed by atoms with Crippen LogP contribution in [0.5, 0.6) is 5.75 Å². The quantitative estimate of drug-likeness (QED) is 0.861. The first-order valence-electron chi connectivity index (χ1n) is 7.18. The molecule has 1 amide bonds. The van der Waals surface area contributed by atoms with Gasteiger partial charge < -0.3 is 14.8 Å². The van der Waals surface area contributed by atoms with Crippen LogP contribution in [0.25, 0.3) is 0 Å². The van der Waals surface area contributed by atoms with Crippen LogP contribution in [0.15, 0.2) is 42.5 Å². The fourth-order valence-electron chi connectivity index (χ4n) is 2.04. The highest BCUT2D eigenvalue weighted by Gasteiger charge is 2.14. The minimum atomic E-state index is -0.599. The lowest BCUT2D eigenvalue weighted by Gasteiger charge is -2.10. The van der Waals surface area contributed by atoms with Gasteiger partial charge in [-0.1, -0.05) is 18.2 Å². The van der Waals surface area contributed by atoms with Crippen LogP contribution < -0.4 is 10.1 Å². The van der Waals surface area contributed by atoms with Gasteiger partial charge in [0.1, 0.15) is 11.3 Å². The molecule has 0 radical (unpaired) electrons. The van der Waals surface area contributed by atoms with Crippen LogP contribution in [0.4, 0.5) is 5.69 Å². The van der Waals surface area contributed by atoms with Crippen molar-refractivity contribution in [3.63, 3.8) is 0 Å². The largest absolute Gasteiger partial charge is 0.496 e. The van der Waals surface area contributed by atoms with E-state index in [1.165, 1.54) is 7.11 Å². The number of hydrogen-bond donors (Lipinski definition) is 1. The monoisotopic (exact) mass is 313 g/mol. The number of ether oxygens (including phenoxy) is 2. The second-order valence-corrected chi connectivity index (χ2v) is 5.12. The summed E-state index contributed by atoms with van der Waals surface area (Å²) in [6.07, 6.45) is 0. The number of para-hydroxylation sites is 1. The molecule has 0 aliphatic rings. The SMILES string of the molecule is COc1ccccc1C(=O)OCC(=O)Nc1ccc(C)c(C)c1. The van der Waals surface area contributed by atoms with E-state index >= 15 is 0 Å². The van der Waals surface area contributed by atoms with E-state index in [1.54, 1.807) is 24.3 Å². The summed E-state index contributed by atoms with van der Waals surface area (Å²) in [5.74, 6) is -0.582. The zero-order valence-corrected chi connectivity index (χ0v) is 13.4. The van der Waals surface area contributed by atoms with Crippen molar-refractivity contribution in [1.82, 2.24) is 0 Å². The molecule has 2 aromatic rings. The molecule has 0 aliphatic carbocycles. The van der Waals surface area contributed by atoms with Crippen LogP contribution >= 0.6 is 0 Å². The molecular formula is C18H19NO4. The average molecular weight is 313 g/mol. The number of carbonyl (C=O) groups excluding carboxylic acids is 2. The van der Waals surface area contributed by atoms with Crippen molar-refractivity contribution in [2.75, 3.05) is 19.0 Å². The molecule has 0 spiro atoms. The van der Waals surface area contributed by atoms with Crippen LogP contribution in [0.2, 0.25) is 0 Å². The molecule has 0 atom stereocenters. The number of methoxy groups -OCH3 is 1. The van der Waals surface area contributed by atoms with E-state index in [0.29, 0.717) is 11.4 Å². The summed E-state index contributed by atoms with van der Waals surface area (Å²) in [7, 11) is 1.47. The Kier molecular flexibility index (Phi) is 5.36. The van der Waals surface area contributed by atoms with Gasteiger partial charge in [-0.15, -0.1) is 0 Å². The molecule has 5 heteroatoms. The number of hydrogen-bond acceptors (Lipinski definition) is 4. The second kappa shape index (κ2) is 7.45. The van der Waals surface area contributed by atoms with Crippen molar-refractivity contribution in [2.24, 2.45) is 0 Å². The van der Waals surface area contributed by atoms with Gasteiger partial charge in [0.25, 0.3) is 5.91 Å². The number of esters is 1. The van der Waals surface area contributed by atoms with Crippen LogP contribution in [-0.4, -0.2) is 25.6 Å². The minimum Gasteiger partial charge on any atom is -0.496 e. The number of rotatable bonds is 5. The molecule has 0 unspecified atom stereocenters. The number of nitrogens with one attached hydrogen (secondary N) is 1. The molecule has 0 fully saturated rings. The first-order valence-corrected chi connectivity index (χ1v) is 7.18. The first kappa shape index (κ1) is 16.5. The minimum absolute atomic E-state index is 0.286. The number of anilines is 1. The molecule has 120 valence electrons. The maximum Gasteiger partial charge on any atom is 0.342 e. The fourth-order valence-corrected chi connectivity index (χ4v) is 2.04. The van der Waals surface area contributed by atoms with Crippen molar-refractivity contribution in [3.05, 3.63) is 59.2 Å². The molecule has 2 aromatic carbocycles.